The molecule has 112 valence electrons. The lowest BCUT2D eigenvalue weighted by atomic mass is 9.98. The molecule has 21 heavy (non-hydrogen) atoms. The Bertz CT molecular complexity index is 685. The molecule has 3 heterocycles. The first kappa shape index (κ1) is 14.0. The highest BCUT2D eigenvalue weighted by Gasteiger charge is 2.27. The highest BCUT2D eigenvalue weighted by atomic mass is 16.1. The van der Waals surface area contributed by atoms with Gasteiger partial charge in [0, 0.05) is 25.4 Å². The molecule has 0 radical (unpaired) electrons. The van der Waals surface area contributed by atoms with Crippen LogP contribution in [0.15, 0.2) is 12.5 Å². The van der Waals surface area contributed by atoms with E-state index in [9.17, 15) is 4.79 Å². The number of ketones is 1. The van der Waals surface area contributed by atoms with E-state index < -0.39 is 0 Å². The number of carbonyl (C=O) groups is 1. The molecule has 1 aliphatic rings. The number of piperidine rings is 1. The number of aromatic nitrogens is 4. The fourth-order valence-electron chi connectivity index (χ4n) is 2.78. The molecular weight excluding hydrogens is 266 g/mol. The third-order valence-electron chi connectivity index (χ3n) is 3.95. The summed E-state index contributed by atoms with van der Waals surface area (Å²) in [5.41, 5.74) is 0.718. The number of anilines is 1. The van der Waals surface area contributed by atoms with Gasteiger partial charge in [0.2, 0.25) is 0 Å². The zero-order valence-electron chi connectivity index (χ0n) is 13.0. The van der Waals surface area contributed by atoms with Crippen LogP contribution in [-0.2, 0) is 10.3 Å². The second-order valence-corrected chi connectivity index (χ2v) is 6.73. The average molecular weight is 287 g/mol. The molecule has 0 aromatic carbocycles. The maximum absolute atomic E-state index is 11.7. The van der Waals surface area contributed by atoms with Crippen molar-refractivity contribution < 1.29 is 4.79 Å². The fourth-order valence-corrected chi connectivity index (χ4v) is 2.78. The van der Waals surface area contributed by atoms with Crippen molar-refractivity contribution in [3.8, 4) is 0 Å². The van der Waals surface area contributed by atoms with Gasteiger partial charge >= 0.3 is 0 Å². The predicted molar refractivity (Wildman–Crippen MR) is 81.3 cm³/mol. The summed E-state index contributed by atoms with van der Waals surface area (Å²) >= 11 is 0. The third kappa shape index (κ3) is 2.39. The Kier molecular flexibility index (Phi) is 3.19. The Morgan fingerprint density at radius 1 is 1.29 bits per heavy atom. The molecule has 1 fully saturated rings. The zero-order valence-corrected chi connectivity index (χ0v) is 13.0. The highest BCUT2D eigenvalue weighted by Crippen LogP contribution is 2.28. The summed E-state index contributed by atoms with van der Waals surface area (Å²) in [6, 6.07) is 0. The fraction of sp³-hybridized carbons (Fsp3) is 0.600. The summed E-state index contributed by atoms with van der Waals surface area (Å²) in [6.45, 7) is 9.71. The van der Waals surface area contributed by atoms with E-state index in [-0.39, 0.29) is 11.5 Å². The molecule has 1 atom stereocenters. The first-order chi connectivity index (χ1) is 9.88. The standard InChI is InChI=1S/C15H21N5O/c1-10-8-19(6-5-12(10)21)13-11-7-18-20(15(2,3)4)14(11)17-9-16-13/h7,9-10H,5-6,8H2,1-4H3. The topological polar surface area (TPSA) is 63.9 Å². The van der Waals surface area contributed by atoms with Crippen LogP contribution < -0.4 is 4.90 Å². The zero-order chi connectivity index (χ0) is 15.2. The Balaban J connectivity index is 2.04. The van der Waals surface area contributed by atoms with E-state index in [1.54, 1.807) is 6.33 Å². The van der Waals surface area contributed by atoms with Gasteiger partial charge in [0.25, 0.3) is 0 Å². The molecule has 0 amide bonds. The van der Waals surface area contributed by atoms with Crippen LogP contribution in [0.5, 0.6) is 0 Å². The van der Waals surface area contributed by atoms with Gasteiger partial charge in [-0.3, -0.25) is 4.79 Å². The van der Waals surface area contributed by atoms with E-state index >= 15 is 0 Å². The van der Waals surface area contributed by atoms with E-state index in [1.165, 1.54) is 0 Å². The van der Waals surface area contributed by atoms with Crippen molar-refractivity contribution in [2.45, 2.75) is 39.7 Å². The van der Waals surface area contributed by atoms with Crippen LogP contribution in [-0.4, -0.2) is 38.6 Å². The van der Waals surface area contributed by atoms with Crippen molar-refractivity contribution in [1.29, 1.82) is 0 Å². The van der Waals surface area contributed by atoms with Crippen molar-refractivity contribution in [1.82, 2.24) is 19.7 Å². The monoisotopic (exact) mass is 287 g/mol. The van der Waals surface area contributed by atoms with E-state index in [2.05, 4.69) is 40.7 Å². The lowest BCUT2D eigenvalue weighted by molar-refractivity contribution is -0.122. The molecule has 0 N–H and O–H groups in total. The van der Waals surface area contributed by atoms with Gasteiger partial charge in [-0.1, -0.05) is 6.92 Å². The number of nitrogens with zero attached hydrogens (tertiary/aromatic N) is 5. The number of Topliss-reactive ketones (excluding diaryl/α,β-unsaturated/α-hetero) is 1. The summed E-state index contributed by atoms with van der Waals surface area (Å²) in [7, 11) is 0. The van der Waals surface area contributed by atoms with E-state index in [4.69, 9.17) is 0 Å². The molecule has 1 unspecified atom stereocenters. The van der Waals surface area contributed by atoms with Gasteiger partial charge in [-0.25, -0.2) is 14.6 Å². The molecule has 6 heteroatoms. The number of hydrogen-bond donors (Lipinski definition) is 0. The summed E-state index contributed by atoms with van der Waals surface area (Å²) in [5.74, 6) is 1.28. The SMILES string of the molecule is CC1CN(c2ncnc3c2cnn3C(C)(C)C)CCC1=O. The highest BCUT2D eigenvalue weighted by molar-refractivity contribution is 5.89. The van der Waals surface area contributed by atoms with Crippen molar-refractivity contribution >= 4 is 22.6 Å². The van der Waals surface area contributed by atoms with Gasteiger partial charge in [0.15, 0.2) is 5.65 Å². The van der Waals surface area contributed by atoms with Gasteiger partial charge in [0.05, 0.1) is 17.1 Å². The number of fused-ring (bicyclic) bond motifs is 1. The quantitative estimate of drug-likeness (QED) is 0.802. The first-order valence-electron chi connectivity index (χ1n) is 7.35. The van der Waals surface area contributed by atoms with Gasteiger partial charge in [-0.2, -0.15) is 5.10 Å². The summed E-state index contributed by atoms with van der Waals surface area (Å²) in [5, 5.41) is 5.43. The molecule has 6 nitrogen and oxygen atoms in total. The molecule has 2 aromatic heterocycles. The second kappa shape index (κ2) is 4.79. The van der Waals surface area contributed by atoms with Gasteiger partial charge < -0.3 is 4.90 Å². The molecule has 0 saturated carbocycles. The van der Waals surface area contributed by atoms with Crippen molar-refractivity contribution in [3.63, 3.8) is 0 Å². The maximum atomic E-state index is 11.7. The molecule has 0 bridgehead atoms. The summed E-state index contributed by atoms with van der Waals surface area (Å²) in [6.07, 6.45) is 4.00. The molecular formula is C15H21N5O. The largest absolute Gasteiger partial charge is 0.355 e. The van der Waals surface area contributed by atoms with Crippen LogP contribution in [0.3, 0.4) is 0 Å². The molecule has 1 saturated heterocycles. The number of hydrogen-bond acceptors (Lipinski definition) is 5. The van der Waals surface area contributed by atoms with Crippen LogP contribution in [0.2, 0.25) is 0 Å². The minimum atomic E-state index is -0.126. The Morgan fingerprint density at radius 3 is 2.71 bits per heavy atom. The number of carbonyl (C=O) groups excluding carboxylic acids is 1. The second-order valence-electron chi connectivity index (χ2n) is 6.73. The Morgan fingerprint density at radius 2 is 2.05 bits per heavy atom. The summed E-state index contributed by atoms with van der Waals surface area (Å²) < 4.78 is 1.92. The van der Waals surface area contributed by atoms with Crippen LogP contribution >= 0.6 is 0 Å². The van der Waals surface area contributed by atoms with Crippen molar-refractivity contribution in [2.24, 2.45) is 5.92 Å². The van der Waals surface area contributed by atoms with Crippen LogP contribution in [0, 0.1) is 5.92 Å². The maximum Gasteiger partial charge on any atom is 0.163 e. The van der Waals surface area contributed by atoms with Gasteiger partial charge in [0.1, 0.15) is 17.9 Å². The van der Waals surface area contributed by atoms with Gasteiger partial charge in [-0.05, 0) is 20.8 Å². The molecule has 1 aliphatic heterocycles. The van der Waals surface area contributed by atoms with E-state index in [1.807, 2.05) is 17.8 Å². The smallest absolute Gasteiger partial charge is 0.163 e. The van der Waals surface area contributed by atoms with Crippen LogP contribution in [0.4, 0.5) is 5.82 Å². The summed E-state index contributed by atoms with van der Waals surface area (Å²) in [4.78, 5) is 22.7. The minimum Gasteiger partial charge on any atom is -0.355 e. The average Bonchev–Trinajstić information content (AvgIpc) is 2.85. The van der Waals surface area contributed by atoms with E-state index in [0.717, 1.165) is 23.4 Å². The lowest BCUT2D eigenvalue weighted by Gasteiger charge is -2.31. The molecule has 0 aliphatic carbocycles. The van der Waals surface area contributed by atoms with E-state index in [0.29, 0.717) is 18.7 Å². The number of rotatable bonds is 1. The van der Waals surface area contributed by atoms with Crippen LogP contribution in [0.25, 0.3) is 11.0 Å². The van der Waals surface area contributed by atoms with Gasteiger partial charge in [-0.15, -0.1) is 0 Å². The van der Waals surface area contributed by atoms with Crippen LogP contribution in [0.1, 0.15) is 34.1 Å². The third-order valence-corrected chi connectivity index (χ3v) is 3.95. The van der Waals surface area contributed by atoms with Crippen molar-refractivity contribution in [3.05, 3.63) is 12.5 Å². The minimum absolute atomic E-state index is 0.0569. The predicted octanol–water partition coefficient (Wildman–Crippen LogP) is 2.00. The van der Waals surface area contributed by atoms with Crippen molar-refractivity contribution in [2.75, 3.05) is 18.0 Å². The molecule has 3 rings (SSSR count). The molecule has 0 spiro atoms. The Labute approximate surface area is 124 Å². The normalized spacial score (nSPS) is 20.3. The molecule has 2 aromatic rings. The Hall–Kier alpha value is -1.98. The lowest BCUT2D eigenvalue weighted by Crippen LogP contribution is -2.40. The first-order valence-corrected chi connectivity index (χ1v) is 7.35.